The van der Waals surface area contributed by atoms with Gasteiger partial charge in [-0.1, -0.05) is 12.1 Å². The van der Waals surface area contributed by atoms with Crippen molar-refractivity contribution in [2.75, 3.05) is 6.54 Å². The van der Waals surface area contributed by atoms with Gasteiger partial charge in [-0.15, -0.1) is 11.3 Å². The molecular weight excluding hydrogens is 226 g/mol. The van der Waals surface area contributed by atoms with Crippen molar-refractivity contribution in [3.63, 3.8) is 0 Å². The highest BCUT2D eigenvalue weighted by Crippen LogP contribution is 2.36. The van der Waals surface area contributed by atoms with Gasteiger partial charge in [0.2, 0.25) is 0 Å². The van der Waals surface area contributed by atoms with Crippen LogP contribution in [0.4, 0.5) is 0 Å². The van der Waals surface area contributed by atoms with Crippen molar-refractivity contribution >= 4 is 21.4 Å². The van der Waals surface area contributed by atoms with Crippen LogP contribution >= 0.6 is 11.3 Å². The van der Waals surface area contributed by atoms with Crippen LogP contribution in [0.5, 0.6) is 0 Å². The van der Waals surface area contributed by atoms with Crippen molar-refractivity contribution in [1.82, 2.24) is 5.32 Å². The van der Waals surface area contributed by atoms with Crippen LogP contribution in [0.25, 0.3) is 10.1 Å². The molecule has 1 fully saturated rings. The maximum atomic E-state index is 3.53. The zero-order valence-electron chi connectivity index (χ0n) is 10.5. The molecule has 3 rings (SSSR count). The van der Waals surface area contributed by atoms with Crippen LogP contribution in [-0.2, 0) is 0 Å². The molecular formula is C15H19NS. The topological polar surface area (TPSA) is 12.0 Å². The van der Waals surface area contributed by atoms with Gasteiger partial charge in [0.1, 0.15) is 0 Å². The Labute approximate surface area is 107 Å². The molecule has 17 heavy (non-hydrogen) atoms. The van der Waals surface area contributed by atoms with Gasteiger partial charge in [-0.2, -0.15) is 0 Å². The summed E-state index contributed by atoms with van der Waals surface area (Å²) < 4.78 is 1.45. The van der Waals surface area contributed by atoms with Gasteiger partial charge in [-0.25, -0.2) is 0 Å². The Kier molecular flexibility index (Phi) is 2.93. The minimum atomic E-state index is 0.667. The number of benzene rings is 1. The highest BCUT2D eigenvalue weighted by molar-refractivity contribution is 7.19. The molecule has 2 heterocycles. The SMILES string of the molecule is Cc1ccc2cc([C@@H]3CCN[C@@H](C)C3)sc2c1. The first kappa shape index (κ1) is 11.2. The molecule has 1 aromatic heterocycles. The molecule has 2 aromatic rings. The van der Waals surface area contributed by atoms with Crippen LogP contribution in [0.1, 0.15) is 36.1 Å². The van der Waals surface area contributed by atoms with Gasteiger partial charge in [0.05, 0.1) is 0 Å². The minimum Gasteiger partial charge on any atom is -0.314 e. The molecule has 0 aliphatic carbocycles. The number of thiophene rings is 1. The van der Waals surface area contributed by atoms with Gasteiger partial charge in [0, 0.05) is 15.6 Å². The Morgan fingerprint density at radius 2 is 2.18 bits per heavy atom. The second-order valence-corrected chi connectivity index (χ2v) is 6.38. The third kappa shape index (κ3) is 2.24. The van der Waals surface area contributed by atoms with Gasteiger partial charge in [0.25, 0.3) is 0 Å². The predicted octanol–water partition coefficient (Wildman–Crippen LogP) is 4.07. The number of fused-ring (bicyclic) bond motifs is 1. The maximum Gasteiger partial charge on any atom is 0.0348 e. The summed E-state index contributed by atoms with van der Waals surface area (Å²) in [5.41, 5.74) is 1.37. The molecule has 1 aromatic carbocycles. The lowest BCUT2D eigenvalue weighted by Crippen LogP contribution is -2.34. The Balaban J connectivity index is 1.94. The maximum absolute atomic E-state index is 3.53. The molecule has 0 unspecified atom stereocenters. The van der Waals surface area contributed by atoms with Crippen molar-refractivity contribution in [2.45, 2.75) is 38.6 Å². The van der Waals surface area contributed by atoms with E-state index in [2.05, 4.69) is 43.4 Å². The molecule has 0 spiro atoms. The zero-order valence-corrected chi connectivity index (χ0v) is 11.3. The van der Waals surface area contributed by atoms with Crippen LogP contribution in [0.3, 0.4) is 0 Å². The summed E-state index contributed by atoms with van der Waals surface area (Å²) in [6.07, 6.45) is 2.57. The average molecular weight is 245 g/mol. The zero-order chi connectivity index (χ0) is 11.8. The van der Waals surface area contributed by atoms with Crippen molar-refractivity contribution in [2.24, 2.45) is 0 Å². The highest BCUT2D eigenvalue weighted by atomic mass is 32.1. The van der Waals surface area contributed by atoms with E-state index >= 15 is 0 Å². The van der Waals surface area contributed by atoms with E-state index in [0.29, 0.717) is 6.04 Å². The molecule has 2 atom stereocenters. The second kappa shape index (κ2) is 4.43. The molecule has 1 aliphatic heterocycles. The molecule has 1 nitrogen and oxygen atoms in total. The highest BCUT2D eigenvalue weighted by Gasteiger charge is 2.21. The largest absolute Gasteiger partial charge is 0.314 e. The average Bonchev–Trinajstić information content (AvgIpc) is 2.72. The molecule has 2 heteroatoms. The van der Waals surface area contributed by atoms with Crippen molar-refractivity contribution in [1.29, 1.82) is 0 Å². The molecule has 90 valence electrons. The van der Waals surface area contributed by atoms with Crippen LogP contribution in [0.2, 0.25) is 0 Å². The number of aryl methyl sites for hydroxylation is 1. The van der Waals surface area contributed by atoms with E-state index in [0.717, 1.165) is 5.92 Å². The molecule has 1 saturated heterocycles. The van der Waals surface area contributed by atoms with Crippen molar-refractivity contribution < 1.29 is 0 Å². The third-order valence-corrected chi connectivity index (χ3v) is 4.98. The van der Waals surface area contributed by atoms with E-state index in [1.165, 1.54) is 35.0 Å². The molecule has 0 bridgehead atoms. The second-order valence-electron chi connectivity index (χ2n) is 5.27. The quantitative estimate of drug-likeness (QED) is 0.798. The van der Waals surface area contributed by atoms with Gasteiger partial charge < -0.3 is 5.32 Å². The first-order chi connectivity index (χ1) is 8.22. The summed E-state index contributed by atoms with van der Waals surface area (Å²) >= 11 is 1.99. The monoisotopic (exact) mass is 245 g/mol. The Hall–Kier alpha value is -0.860. The molecule has 0 amide bonds. The number of nitrogens with one attached hydrogen (secondary N) is 1. The van der Waals surface area contributed by atoms with E-state index in [1.54, 1.807) is 4.88 Å². The molecule has 1 aliphatic rings. The molecule has 0 saturated carbocycles. The summed E-state index contributed by atoms with van der Waals surface area (Å²) in [5.74, 6) is 0.768. The van der Waals surface area contributed by atoms with Gasteiger partial charge in [-0.3, -0.25) is 0 Å². The van der Waals surface area contributed by atoms with E-state index in [-0.39, 0.29) is 0 Å². The fourth-order valence-corrected chi connectivity index (χ4v) is 4.06. The Morgan fingerprint density at radius 3 is 3.00 bits per heavy atom. The minimum absolute atomic E-state index is 0.667. The Morgan fingerprint density at radius 1 is 1.29 bits per heavy atom. The number of piperidine rings is 1. The van der Waals surface area contributed by atoms with E-state index in [1.807, 2.05) is 11.3 Å². The lowest BCUT2D eigenvalue weighted by atomic mass is 9.92. The van der Waals surface area contributed by atoms with E-state index < -0.39 is 0 Å². The molecule has 1 N–H and O–H groups in total. The van der Waals surface area contributed by atoms with Gasteiger partial charge in [-0.05, 0) is 62.2 Å². The van der Waals surface area contributed by atoms with Crippen molar-refractivity contribution in [3.8, 4) is 0 Å². The summed E-state index contributed by atoms with van der Waals surface area (Å²) in [5, 5.41) is 4.95. The van der Waals surface area contributed by atoms with E-state index in [9.17, 15) is 0 Å². The lowest BCUT2D eigenvalue weighted by Gasteiger charge is -2.27. The fraction of sp³-hybridized carbons (Fsp3) is 0.467. The summed E-state index contributed by atoms with van der Waals surface area (Å²) in [4.78, 5) is 1.58. The third-order valence-electron chi connectivity index (χ3n) is 3.72. The Bertz CT molecular complexity index is 529. The summed E-state index contributed by atoms with van der Waals surface area (Å²) in [7, 11) is 0. The summed E-state index contributed by atoms with van der Waals surface area (Å²) in [6, 6.07) is 9.86. The van der Waals surface area contributed by atoms with Gasteiger partial charge in [0.15, 0.2) is 0 Å². The number of rotatable bonds is 1. The normalized spacial score (nSPS) is 25.3. The van der Waals surface area contributed by atoms with Crippen LogP contribution in [0.15, 0.2) is 24.3 Å². The van der Waals surface area contributed by atoms with Gasteiger partial charge >= 0.3 is 0 Å². The number of hydrogen-bond donors (Lipinski definition) is 1. The van der Waals surface area contributed by atoms with Crippen LogP contribution < -0.4 is 5.32 Å². The summed E-state index contributed by atoms with van der Waals surface area (Å²) in [6.45, 7) is 5.63. The first-order valence-corrected chi connectivity index (χ1v) is 7.27. The first-order valence-electron chi connectivity index (χ1n) is 6.46. The predicted molar refractivity (Wildman–Crippen MR) is 76.0 cm³/mol. The fourth-order valence-electron chi connectivity index (χ4n) is 2.75. The lowest BCUT2D eigenvalue weighted by molar-refractivity contribution is 0.384. The van der Waals surface area contributed by atoms with Crippen LogP contribution in [0, 0.1) is 6.92 Å². The number of hydrogen-bond acceptors (Lipinski definition) is 2. The smallest absolute Gasteiger partial charge is 0.0348 e. The standard InChI is InChI=1S/C15H19NS/c1-10-3-4-12-9-15(17-14(12)7-10)13-5-6-16-11(2)8-13/h3-4,7,9,11,13,16H,5-6,8H2,1-2H3/t11-,13+/m0/s1. The van der Waals surface area contributed by atoms with Crippen LogP contribution in [-0.4, -0.2) is 12.6 Å². The molecule has 0 radical (unpaired) electrons. The van der Waals surface area contributed by atoms with E-state index in [4.69, 9.17) is 0 Å². The van der Waals surface area contributed by atoms with Crippen molar-refractivity contribution in [3.05, 3.63) is 34.7 Å².